The van der Waals surface area contributed by atoms with Crippen LogP contribution in [0.15, 0.2) is 200 Å². The van der Waals surface area contributed by atoms with Crippen LogP contribution in [0.4, 0.5) is 22.7 Å². The highest BCUT2D eigenvalue weighted by Crippen LogP contribution is 2.47. The quantitative estimate of drug-likeness (QED) is 0.162. The highest BCUT2D eigenvalue weighted by Gasteiger charge is 2.29. The number of nitrogens with zero attached hydrogens (tertiary/aromatic N) is 4. The molecule has 0 amide bonds. The van der Waals surface area contributed by atoms with Crippen molar-refractivity contribution < 1.29 is 4.74 Å². The smallest absolute Gasteiger partial charge is 0.146 e. The zero-order valence-corrected chi connectivity index (χ0v) is 36.5. The van der Waals surface area contributed by atoms with Crippen LogP contribution >= 0.6 is 0 Å². The lowest BCUT2D eigenvalue weighted by atomic mass is 9.87. The summed E-state index contributed by atoms with van der Waals surface area (Å²) in [5.41, 5.74) is 9.08. The minimum atomic E-state index is 0.0533. The van der Waals surface area contributed by atoms with Crippen LogP contribution in [-0.2, 0) is 5.41 Å². The predicted molar refractivity (Wildman–Crippen MR) is 273 cm³/mol. The minimum absolute atomic E-state index is 0.0533. The zero-order chi connectivity index (χ0) is 43.4. The molecule has 0 saturated heterocycles. The molecule has 0 aliphatic carbocycles. The molecular formula is C60H44N4O. The van der Waals surface area contributed by atoms with Crippen molar-refractivity contribution in [3.63, 3.8) is 0 Å². The lowest BCUT2D eigenvalue weighted by molar-refractivity contribution is 0.483. The van der Waals surface area contributed by atoms with Gasteiger partial charge in [0, 0.05) is 50.4 Å². The van der Waals surface area contributed by atoms with E-state index in [-0.39, 0.29) is 5.41 Å². The van der Waals surface area contributed by atoms with E-state index in [9.17, 15) is 0 Å². The van der Waals surface area contributed by atoms with Crippen molar-refractivity contribution in [3.05, 3.63) is 206 Å². The molecule has 2 aromatic heterocycles. The maximum Gasteiger partial charge on any atom is 0.146 e. The Morgan fingerprint density at radius 2 is 1.02 bits per heavy atom. The van der Waals surface area contributed by atoms with Crippen molar-refractivity contribution in [1.82, 2.24) is 9.55 Å². The molecule has 10 aromatic carbocycles. The zero-order valence-electron chi connectivity index (χ0n) is 36.5. The van der Waals surface area contributed by atoms with E-state index in [4.69, 9.17) is 9.72 Å². The molecule has 0 unspecified atom stereocenters. The monoisotopic (exact) mass is 836 g/mol. The third-order valence-corrected chi connectivity index (χ3v) is 13.5. The van der Waals surface area contributed by atoms with Crippen LogP contribution < -0.4 is 14.5 Å². The van der Waals surface area contributed by atoms with E-state index in [1.165, 1.54) is 71.1 Å². The number of hydrogen-bond donors (Lipinski definition) is 0. The van der Waals surface area contributed by atoms with Crippen LogP contribution in [-0.4, -0.2) is 16.2 Å². The summed E-state index contributed by atoms with van der Waals surface area (Å²) >= 11 is 0. The van der Waals surface area contributed by atoms with Crippen LogP contribution in [0.5, 0.6) is 11.5 Å². The highest BCUT2D eigenvalue weighted by molar-refractivity contribution is 6.32. The molecule has 5 nitrogen and oxygen atoms in total. The van der Waals surface area contributed by atoms with Crippen molar-refractivity contribution in [2.75, 3.05) is 16.5 Å². The second kappa shape index (κ2) is 14.2. The summed E-state index contributed by atoms with van der Waals surface area (Å²) in [5.74, 6) is 2.43. The summed E-state index contributed by atoms with van der Waals surface area (Å²) in [4.78, 5) is 10.4. The summed E-state index contributed by atoms with van der Waals surface area (Å²) in [6.07, 6.45) is 0. The van der Waals surface area contributed by atoms with Crippen molar-refractivity contribution in [3.8, 4) is 17.3 Å². The standard InChI is InChI=1S/C60H44N4O/c1-60(2,3)41-16-12-17-42(34-41)62-37-63(54-25-11-10-24-53(54)62)43-18-13-19-44(35-43)65-45-30-32-49-48-22-8-9-23-52(48)64(55(49)36-45)59-50-31-28-39-15-5-7-21-47(39)57(50)58-51(61-59)33-29-40-27-26-38-14-4-6-20-46(38)56(40)58/h4-36H,37H2,1-3H3. The maximum atomic E-state index is 6.86. The molecule has 13 rings (SSSR count). The molecule has 5 heteroatoms. The molecule has 1 aliphatic heterocycles. The molecule has 310 valence electrons. The van der Waals surface area contributed by atoms with E-state index in [1.54, 1.807) is 0 Å². The summed E-state index contributed by atoms with van der Waals surface area (Å²) in [5, 5.41) is 13.1. The number of benzene rings is 10. The van der Waals surface area contributed by atoms with Gasteiger partial charge in [0.05, 0.1) is 27.9 Å². The van der Waals surface area contributed by atoms with Gasteiger partial charge in [0.2, 0.25) is 0 Å². The summed E-state index contributed by atoms with van der Waals surface area (Å²) < 4.78 is 9.21. The Kier molecular flexibility index (Phi) is 8.16. The van der Waals surface area contributed by atoms with Crippen LogP contribution in [0.25, 0.3) is 81.6 Å². The third kappa shape index (κ3) is 5.89. The molecule has 0 radical (unpaired) electrons. The largest absolute Gasteiger partial charge is 0.457 e. The molecule has 65 heavy (non-hydrogen) atoms. The number of fused-ring (bicyclic) bond motifs is 13. The van der Waals surface area contributed by atoms with Crippen LogP contribution in [0, 0.1) is 0 Å². The predicted octanol–water partition coefficient (Wildman–Crippen LogP) is 16.3. The average molecular weight is 837 g/mol. The van der Waals surface area contributed by atoms with Gasteiger partial charge in [-0.2, -0.15) is 0 Å². The van der Waals surface area contributed by atoms with Crippen molar-refractivity contribution >= 4 is 98.5 Å². The average Bonchev–Trinajstić information content (AvgIpc) is 3.89. The Morgan fingerprint density at radius 1 is 0.431 bits per heavy atom. The SMILES string of the molecule is CC(C)(C)c1cccc(N2CN(c3cccc(Oc4ccc5c6ccccc6n(-c6nc7ccc8ccc9ccccc9c8c7c7c6ccc6ccccc67)c5c4)c3)c3ccccc32)c1. The number of ether oxygens (including phenoxy) is 1. The molecule has 0 bridgehead atoms. The number of pyridine rings is 1. The number of hydrogen-bond acceptors (Lipinski definition) is 4. The van der Waals surface area contributed by atoms with Crippen molar-refractivity contribution in [2.24, 2.45) is 0 Å². The number of anilines is 4. The van der Waals surface area contributed by atoms with E-state index in [1.807, 2.05) is 6.07 Å². The molecule has 0 fully saturated rings. The van der Waals surface area contributed by atoms with Gasteiger partial charge in [-0.15, -0.1) is 0 Å². The topological polar surface area (TPSA) is 33.5 Å². The maximum absolute atomic E-state index is 6.86. The van der Waals surface area contributed by atoms with E-state index in [0.29, 0.717) is 6.67 Å². The van der Waals surface area contributed by atoms with E-state index >= 15 is 0 Å². The Balaban J connectivity index is 0.955. The first-order valence-electron chi connectivity index (χ1n) is 22.5. The van der Waals surface area contributed by atoms with E-state index < -0.39 is 0 Å². The fraction of sp³-hybridized carbons (Fsp3) is 0.0833. The normalized spacial score (nSPS) is 13.0. The van der Waals surface area contributed by atoms with Gasteiger partial charge >= 0.3 is 0 Å². The van der Waals surface area contributed by atoms with Crippen LogP contribution in [0.3, 0.4) is 0 Å². The van der Waals surface area contributed by atoms with Gasteiger partial charge in [0.15, 0.2) is 0 Å². The summed E-state index contributed by atoms with van der Waals surface area (Å²) in [7, 11) is 0. The first-order chi connectivity index (χ1) is 31.9. The van der Waals surface area contributed by atoms with Gasteiger partial charge in [-0.05, 0) is 110 Å². The first kappa shape index (κ1) is 37.4. The van der Waals surface area contributed by atoms with Gasteiger partial charge in [0.1, 0.15) is 24.0 Å². The molecule has 0 spiro atoms. The Hall–Kier alpha value is -8.15. The molecule has 1 aliphatic rings. The van der Waals surface area contributed by atoms with Crippen molar-refractivity contribution in [1.29, 1.82) is 0 Å². The molecule has 0 N–H and O–H groups in total. The van der Waals surface area contributed by atoms with Gasteiger partial charge in [-0.25, -0.2) is 4.98 Å². The molecular weight excluding hydrogens is 793 g/mol. The fourth-order valence-corrected chi connectivity index (χ4v) is 10.4. The van der Waals surface area contributed by atoms with Gasteiger partial charge < -0.3 is 14.5 Å². The van der Waals surface area contributed by atoms with Crippen LogP contribution in [0.2, 0.25) is 0 Å². The Morgan fingerprint density at radius 3 is 1.78 bits per heavy atom. The fourth-order valence-electron chi connectivity index (χ4n) is 10.4. The minimum Gasteiger partial charge on any atom is -0.457 e. The van der Waals surface area contributed by atoms with Gasteiger partial charge in [-0.1, -0.05) is 142 Å². The second-order valence-corrected chi connectivity index (χ2v) is 18.4. The molecule has 0 atom stereocenters. The van der Waals surface area contributed by atoms with Crippen LogP contribution in [0.1, 0.15) is 26.3 Å². The highest BCUT2D eigenvalue weighted by atomic mass is 16.5. The molecule has 12 aromatic rings. The lowest BCUT2D eigenvalue weighted by Crippen LogP contribution is -2.24. The number of aromatic nitrogens is 2. The van der Waals surface area contributed by atoms with Gasteiger partial charge in [-0.3, -0.25) is 4.57 Å². The van der Waals surface area contributed by atoms with E-state index in [0.717, 1.165) is 50.3 Å². The number of rotatable bonds is 5. The lowest BCUT2D eigenvalue weighted by Gasteiger charge is -2.25. The Bertz CT molecular complexity index is 3910. The number of para-hydroxylation sites is 3. The summed E-state index contributed by atoms with van der Waals surface area (Å²) in [6.45, 7) is 7.50. The first-order valence-corrected chi connectivity index (χ1v) is 22.5. The summed E-state index contributed by atoms with van der Waals surface area (Å²) in [6, 6.07) is 72.1. The van der Waals surface area contributed by atoms with Crippen molar-refractivity contribution in [2.45, 2.75) is 26.2 Å². The molecule has 3 heterocycles. The third-order valence-electron chi connectivity index (χ3n) is 13.5. The van der Waals surface area contributed by atoms with E-state index in [2.05, 4.69) is 229 Å². The molecule has 0 saturated carbocycles. The Labute approximate surface area is 377 Å². The van der Waals surface area contributed by atoms with Gasteiger partial charge in [0.25, 0.3) is 0 Å². The second-order valence-electron chi connectivity index (χ2n) is 18.4.